The first-order chi connectivity index (χ1) is 13.3. The van der Waals surface area contributed by atoms with Crippen molar-refractivity contribution >= 4 is 33.6 Å². The van der Waals surface area contributed by atoms with E-state index in [1.54, 1.807) is 12.1 Å². The number of halogens is 3. The van der Waals surface area contributed by atoms with Gasteiger partial charge in [0.15, 0.2) is 0 Å². The van der Waals surface area contributed by atoms with E-state index >= 15 is 0 Å². The molecule has 0 bridgehead atoms. The first-order valence-electron chi connectivity index (χ1n) is 8.23. The van der Waals surface area contributed by atoms with E-state index in [1.807, 2.05) is 24.3 Å². The molecule has 0 aliphatic heterocycles. The lowest BCUT2D eigenvalue weighted by atomic mass is 10.0. The summed E-state index contributed by atoms with van der Waals surface area (Å²) in [5.74, 6) is 0.0223. The van der Waals surface area contributed by atoms with Crippen LogP contribution in [-0.2, 0) is 6.18 Å². The minimum atomic E-state index is -4.67. The van der Waals surface area contributed by atoms with Crippen LogP contribution < -0.4 is 5.63 Å². The van der Waals surface area contributed by atoms with Gasteiger partial charge in [-0.05, 0) is 29.0 Å². The average Bonchev–Trinajstić information content (AvgIpc) is 2.65. The Kier molecular flexibility index (Phi) is 4.15. The van der Waals surface area contributed by atoms with Crippen LogP contribution in [0.2, 0.25) is 0 Å². The van der Waals surface area contributed by atoms with Crippen molar-refractivity contribution in [1.82, 2.24) is 0 Å². The third-order valence-corrected chi connectivity index (χ3v) is 4.32. The largest absolute Gasteiger partial charge is 0.507 e. The summed E-state index contributed by atoms with van der Waals surface area (Å²) in [5.41, 5.74) is -1.60. The Balaban J connectivity index is 1.82. The highest BCUT2D eigenvalue weighted by Crippen LogP contribution is 2.35. The van der Waals surface area contributed by atoms with Gasteiger partial charge >= 0.3 is 11.8 Å². The number of phenolic OH excluding ortho intramolecular Hbond substituents is 1. The summed E-state index contributed by atoms with van der Waals surface area (Å²) in [4.78, 5) is 15.7. The minimum Gasteiger partial charge on any atom is -0.507 e. The van der Waals surface area contributed by atoms with Gasteiger partial charge in [-0.3, -0.25) is 4.99 Å². The molecular weight excluding hydrogens is 371 g/mol. The van der Waals surface area contributed by atoms with Crippen LogP contribution in [0.25, 0.3) is 21.7 Å². The van der Waals surface area contributed by atoms with E-state index in [1.165, 1.54) is 24.4 Å². The lowest BCUT2D eigenvalue weighted by Gasteiger charge is -2.09. The molecule has 4 aromatic rings. The molecule has 3 aromatic carbocycles. The maximum atomic E-state index is 13.1. The van der Waals surface area contributed by atoms with E-state index in [4.69, 9.17) is 4.42 Å². The summed E-state index contributed by atoms with van der Waals surface area (Å²) >= 11 is 0. The van der Waals surface area contributed by atoms with E-state index in [9.17, 15) is 23.1 Å². The molecular formula is C21H12F3NO3. The summed E-state index contributed by atoms with van der Waals surface area (Å²) in [7, 11) is 0. The number of alkyl halides is 3. The summed E-state index contributed by atoms with van der Waals surface area (Å²) in [6.07, 6.45) is -3.25. The molecule has 1 N–H and O–H groups in total. The van der Waals surface area contributed by atoms with Crippen molar-refractivity contribution in [3.8, 4) is 5.75 Å². The molecule has 140 valence electrons. The maximum absolute atomic E-state index is 13.1. The topological polar surface area (TPSA) is 62.8 Å². The number of phenols is 1. The van der Waals surface area contributed by atoms with Gasteiger partial charge in [0.05, 0.1) is 11.3 Å². The smallest absolute Gasteiger partial charge is 0.417 e. The van der Waals surface area contributed by atoms with E-state index in [0.29, 0.717) is 11.6 Å². The Morgan fingerprint density at radius 2 is 1.75 bits per heavy atom. The predicted octanol–water partition coefficient (Wildman–Crippen LogP) is 5.42. The fourth-order valence-electron chi connectivity index (χ4n) is 3.03. The molecule has 0 radical (unpaired) electrons. The first kappa shape index (κ1) is 17.8. The molecule has 0 aliphatic carbocycles. The molecule has 28 heavy (non-hydrogen) atoms. The normalized spacial score (nSPS) is 12.2. The predicted molar refractivity (Wildman–Crippen MR) is 100 cm³/mol. The van der Waals surface area contributed by atoms with Crippen molar-refractivity contribution < 1.29 is 22.7 Å². The van der Waals surface area contributed by atoms with Crippen molar-refractivity contribution in [2.75, 3.05) is 0 Å². The van der Waals surface area contributed by atoms with Crippen LogP contribution in [0.15, 0.2) is 74.9 Å². The van der Waals surface area contributed by atoms with Gasteiger partial charge < -0.3 is 9.52 Å². The SMILES string of the molecule is O=c1cc(C(F)(F)F)c2ccc(N=Cc3c(O)ccc4ccccc34)cc2o1. The molecule has 0 amide bonds. The maximum Gasteiger partial charge on any atom is 0.417 e. The molecule has 0 spiro atoms. The lowest BCUT2D eigenvalue weighted by Crippen LogP contribution is -2.10. The van der Waals surface area contributed by atoms with Crippen LogP contribution in [0, 0.1) is 0 Å². The summed E-state index contributed by atoms with van der Waals surface area (Å²) < 4.78 is 44.3. The summed E-state index contributed by atoms with van der Waals surface area (Å²) in [6.45, 7) is 0. The molecule has 0 fully saturated rings. The Labute approximate surface area is 156 Å². The Bertz CT molecular complexity index is 1290. The van der Waals surface area contributed by atoms with E-state index in [2.05, 4.69) is 4.99 Å². The zero-order chi connectivity index (χ0) is 19.9. The summed E-state index contributed by atoms with van der Waals surface area (Å²) in [6, 6.07) is 15.0. The van der Waals surface area contributed by atoms with E-state index in [0.717, 1.165) is 10.8 Å². The number of benzene rings is 3. The van der Waals surface area contributed by atoms with Crippen molar-refractivity contribution in [3.63, 3.8) is 0 Å². The number of rotatable bonds is 2. The molecule has 0 unspecified atom stereocenters. The molecule has 4 nitrogen and oxygen atoms in total. The highest BCUT2D eigenvalue weighted by atomic mass is 19.4. The van der Waals surface area contributed by atoms with Gasteiger partial charge in [-0.1, -0.05) is 30.3 Å². The molecule has 1 heterocycles. The molecule has 0 saturated carbocycles. The second-order valence-corrected chi connectivity index (χ2v) is 6.14. The van der Waals surface area contributed by atoms with Crippen LogP contribution in [0.1, 0.15) is 11.1 Å². The number of nitrogens with zero attached hydrogens (tertiary/aromatic N) is 1. The monoisotopic (exact) mass is 383 g/mol. The third kappa shape index (κ3) is 3.22. The highest BCUT2D eigenvalue weighted by molar-refractivity contribution is 6.03. The minimum absolute atomic E-state index is 0.0223. The van der Waals surface area contributed by atoms with Crippen LogP contribution in [0.4, 0.5) is 18.9 Å². The molecule has 7 heteroatoms. The molecule has 1 aromatic heterocycles. The number of fused-ring (bicyclic) bond motifs is 2. The fraction of sp³-hybridized carbons (Fsp3) is 0.0476. The fourth-order valence-corrected chi connectivity index (χ4v) is 3.03. The highest BCUT2D eigenvalue weighted by Gasteiger charge is 2.33. The Hall–Kier alpha value is -3.61. The van der Waals surface area contributed by atoms with Gasteiger partial charge in [0, 0.05) is 29.3 Å². The molecule has 0 atom stereocenters. The first-order valence-corrected chi connectivity index (χ1v) is 8.23. The Morgan fingerprint density at radius 1 is 0.964 bits per heavy atom. The molecule has 0 saturated heterocycles. The zero-order valence-corrected chi connectivity index (χ0v) is 14.2. The van der Waals surface area contributed by atoms with E-state index < -0.39 is 17.4 Å². The van der Waals surface area contributed by atoms with Gasteiger partial charge in [0.1, 0.15) is 11.3 Å². The van der Waals surface area contributed by atoms with Crippen molar-refractivity contribution in [2.24, 2.45) is 4.99 Å². The van der Waals surface area contributed by atoms with Crippen LogP contribution in [-0.4, -0.2) is 11.3 Å². The average molecular weight is 383 g/mol. The van der Waals surface area contributed by atoms with Crippen molar-refractivity contribution in [1.29, 1.82) is 0 Å². The number of aliphatic imine (C=N–C) groups is 1. The quantitative estimate of drug-likeness (QED) is 0.371. The van der Waals surface area contributed by atoms with E-state index in [-0.39, 0.29) is 22.4 Å². The van der Waals surface area contributed by atoms with Gasteiger partial charge in [-0.25, -0.2) is 4.79 Å². The molecule has 0 aliphatic rings. The van der Waals surface area contributed by atoms with Gasteiger partial charge in [-0.15, -0.1) is 0 Å². The van der Waals surface area contributed by atoms with Gasteiger partial charge in [-0.2, -0.15) is 13.2 Å². The second kappa shape index (κ2) is 6.53. The third-order valence-electron chi connectivity index (χ3n) is 4.32. The van der Waals surface area contributed by atoms with Gasteiger partial charge in [0.2, 0.25) is 0 Å². The van der Waals surface area contributed by atoms with Crippen LogP contribution in [0.5, 0.6) is 5.75 Å². The standard InChI is InChI=1S/C21H12F3NO3/c22-21(23,24)17-10-20(27)28-19-9-13(6-7-15(17)19)25-11-16-14-4-2-1-3-12(14)5-8-18(16)26/h1-11,26H. The van der Waals surface area contributed by atoms with Crippen LogP contribution >= 0.6 is 0 Å². The van der Waals surface area contributed by atoms with Crippen LogP contribution in [0.3, 0.4) is 0 Å². The summed E-state index contributed by atoms with van der Waals surface area (Å²) in [5, 5.41) is 11.6. The van der Waals surface area contributed by atoms with Crippen molar-refractivity contribution in [2.45, 2.75) is 6.18 Å². The second-order valence-electron chi connectivity index (χ2n) is 6.14. The number of hydrogen-bond acceptors (Lipinski definition) is 4. The van der Waals surface area contributed by atoms with Gasteiger partial charge in [0.25, 0.3) is 0 Å². The molecule has 4 rings (SSSR count). The number of hydrogen-bond donors (Lipinski definition) is 1. The zero-order valence-electron chi connectivity index (χ0n) is 14.2. The Morgan fingerprint density at radius 3 is 2.54 bits per heavy atom. The number of aromatic hydroxyl groups is 1. The van der Waals surface area contributed by atoms with Crippen molar-refractivity contribution in [3.05, 3.63) is 82.2 Å². The lowest BCUT2D eigenvalue weighted by molar-refractivity contribution is -0.136.